The third-order valence-electron chi connectivity index (χ3n) is 2.45. The van der Waals surface area contributed by atoms with Crippen LogP contribution in [0.25, 0.3) is 0 Å². The molecule has 2 aliphatic rings. The summed E-state index contributed by atoms with van der Waals surface area (Å²) in [5.74, 6) is 1.59. The molecule has 0 aromatic heterocycles. The Hall–Kier alpha value is -0.530. The highest BCUT2D eigenvalue weighted by atomic mass is 16.2. The minimum Gasteiger partial charge on any atom is -0.346 e. The fourth-order valence-electron chi connectivity index (χ4n) is 1.62. The smallest absolute Gasteiger partial charge is 0.225 e. The number of piperidine rings is 1. The summed E-state index contributed by atoms with van der Waals surface area (Å²) in [5.41, 5.74) is 0. The minimum absolute atomic E-state index is 0.381. The fourth-order valence-corrected chi connectivity index (χ4v) is 1.62. The van der Waals surface area contributed by atoms with Gasteiger partial charge in [0.15, 0.2) is 0 Å². The number of nitrogens with zero attached hydrogens (tertiary/aromatic N) is 1. The van der Waals surface area contributed by atoms with Crippen LogP contribution in [-0.4, -0.2) is 24.4 Å². The van der Waals surface area contributed by atoms with Crippen molar-refractivity contribution in [2.75, 3.05) is 13.6 Å². The number of amides is 1. The molecule has 9 heavy (non-hydrogen) atoms. The van der Waals surface area contributed by atoms with Gasteiger partial charge in [-0.1, -0.05) is 0 Å². The first-order chi connectivity index (χ1) is 4.29. The molecule has 0 aromatic carbocycles. The second-order valence-electron chi connectivity index (χ2n) is 3.15. The monoisotopic (exact) mass is 125 g/mol. The van der Waals surface area contributed by atoms with Crippen LogP contribution >= 0.6 is 0 Å². The molecule has 0 aromatic rings. The molecule has 1 aliphatic carbocycles. The lowest BCUT2D eigenvalue weighted by Crippen LogP contribution is -2.33. The van der Waals surface area contributed by atoms with E-state index in [1.165, 1.54) is 12.8 Å². The molecule has 2 heteroatoms. The number of rotatable bonds is 0. The van der Waals surface area contributed by atoms with Gasteiger partial charge in [-0.3, -0.25) is 4.79 Å². The van der Waals surface area contributed by atoms with Crippen molar-refractivity contribution in [3.63, 3.8) is 0 Å². The van der Waals surface area contributed by atoms with Crippen LogP contribution in [-0.2, 0) is 4.79 Å². The highest BCUT2D eigenvalue weighted by molar-refractivity contribution is 5.82. The van der Waals surface area contributed by atoms with Gasteiger partial charge in [-0.2, -0.15) is 0 Å². The first kappa shape index (κ1) is 5.27. The van der Waals surface area contributed by atoms with E-state index in [-0.39, 0.29) is 0 Å². The molecular formula is C7H11NO. The van der Waals surface area contributed by atoms with Crippen LogP contribution < -0.4 is 0 Å². The standard InChI is InChI=1S/C7H11NO/c1-8-3-2-5-4-6(5)7(8)9/h5-6H,2-4H2,1H3/t5-,6?/m0/s1. The Balaban J connectivity index is 2.10. The Labute approximate surface area is 54.8 Å². The molecule has 1 saturated carbocycles. The Morgan fingerprint density at radius 3 is 3.11 bits per heavy atom. The first-order valence-corrected chi connectivity index (χ1v) is 3.54. The van der Waals surface area contributed by atoms with Gasteiger partial charge in [-0.15, -0.1) is 0 Å². The van der Waals surface area contributed by atoms with Crippen molar-refractivity contribution in [2.45, 2.75) is 12.8 Å². The maximum absolute atomic E-state index is 11.1. The molecule has 2 nitrogen and oxygen atoms in total. The molecule has 50 valence electrons. The van der Waals surface area contributed by atoms with Gasteiger partial charge in [0.1, 0.15) is 0 Å². The largest absolute Gasteiger partial charge is 0.346 e. The summed E-state index contributed by atoms with van der Waals surface area (Å²) >= 11 is 0. The van der Waals surface area contributed by atoms with Crippen molar-refractivity contribution in [1.82, 2.24) is 4.90 Å². The number of carbonyl (C=O) groups excluding carboxylic acids is 1. The van der Waals surface area contributed by atoms with E-state index in [9.17, 15) is 4.79 Å². The minimum atomic E-state index is 0.381. The average Bonchev–Trinajstić information content (AvgIpc) is 2.58. The highest BCUT2D eigenvalue weighted by Gasteiger charge is 2.46. The zero-order chi connectivity index (χ0) is 6.43. The van der Waals surface area contributed by atoms with E-state index in [4.69, 9.17) is 0 Å². The molecule has 1 saturated heterocycles. The lowest BCUT2D eigenvalue weighted by molar-refractivity contribution is -0.133. The van der Waals surface area contributed by atoms with Gasteiger partial charge in [-0.25, -0.2) is 0 Å². The quantitative estimate of drug-likeness (QED) is 0.461. The predicted molar refractivity (Wildman–Crippen MR) is 33.9 cm³/mol. The highest BCUT2D eigenvalue weighted by Crippen LogP contribution is 2.45. The van der Waals surface area contributed by atoms with E-state index in [0.717, 1.165) is 12.5 Å². The van der Waals surface area contributed by atoms with Crippen molar-refractivity contribution in [2.24, 2.45) is 11.8 Å². The number of fused-ring (bicyclic) bond motifs is 1. The lowest BCUT2D eigenvalue weighted by Gasteiger charge is -2.20. The van der Waals surface area contributed by atoms with Gasteiger partial charge in [0.2, 0.25) is 5.91 Å². The molecule has 1 aliphatic heterocycles. The fraction of sp³-hybridized carbons (Fsp3) is 0.857. The van der Waals surface area contributed by atoms with Gasteiger partial charge < -0.3 is 4.90 Å². The summed E-state index contributed by atoms with van der Waals surface area (Å²) in [6.07, 6.45) is 2.41. The molecule has 0 spiro atoms. The molecule has 0 bridgehead atoms. The maximum atomic E-state index is 11.1. The molecule has 2 rings (SSSR count). The van der Waals surface area contributed by atoms with Crippen LogP contribution in [0.2, 0.25) is 0 Å². The summed E-state index contributed by atoms with van der Waals surface area (Å²) in [6, 6.07) is 0. The second-order valence-corrected chi connectivity index (χ2v) is 3.15. The Bertz CT molecular complexity index is 151. The number of hydrogen-bond acceptors (Lipinski definition) is 1. The Morgan fingerprint density at radius 2 is 2.44 bits per heavy atom. The van der Waals surface area contributed by atoms with Crippen LogP contribution in [0.1, 0.15) is 12.8 Å². The van der Waals surface area contributed by atoms with Crippen molar-refractivity contribution < 1.29 is 4.79 Å². The van der Waals surface area contributed by atoms with Crippen LogP contribution in [0.4, 0.5) is 0 Å². The van der Waals surface area contributed by atoms with Gasteiger partial charge in [0.05, 0.1) is 0 Å². The van der Waals surface area contributed by atoms with E-state index in [2.05, 4.69) is 0 Å². The average molecular weight is 125 g/mol. The predicted octanol–water partition coefficient (Wildman–Crippen LogP) is 0.485. The van der Waals surface area contributed by atoms with Crippen molar-refractivity contribution in [3.05, 3.63) is 0 Å². The zero-order valence-electron chi connectivity index (χ0n) is 5.63. The Kier molecular flexibility index (Phi) is 0.875. The summed E-state index contributed by atoms with van der Waals surface area (Å²) in [7, 11) is 1.90. The van der Waals surface area contributed by atoms with Crippen molar-refractivity contribution >= 4 is 5.91 Å². The Morgan fingerprint density at radius 1 is 1.67 bits per heavy atom. The van der Waals surface area contributed by atoms with Crippen LogP contribution in [0, 0.1) is 11.8 Å². The van der Waals surface area contributed by atoms with Gasteiger partial charge in [0, 0.05) is 19.5 Å². The third kappa shape index (κ3) is 0.655. The van der Waals surface area contributed by atoms with Crippen LogP contribution in [0.3, 0.4) is 0 Å². The van der Waals surface area contributed by atoms with Crippen molar-refractivity contribution in [1.29, 1.82) is 0 Å². The molecule has 0 radical (unpaired) electrons. The van der Waals surface area contributed by atoms with Crippen LogP contribution in [0.5, 0.6) is 0 Å². The normalized spacial score (nSPS) is 40.6. The van der Waals surface area contributed by atoms with E-state index < -0.39 is 0 Å². The molecule has 0 N–H and O–H groups in total. The molecule has 1 unspecified atom stereocenters. The molecule has 1 amide bonds. The molecule has 1 heterocycles. The SMILES string of the molecule is CN1CC[C@H]2CC2C1=O. The van der Waals surface area contributed by atoms with Crippen molar-refractivity contribution in [3.8, 4) is 0 Å². The topological polar surface area (TPSA) is 20.3 Å². The first-order valence-electron chi connectivity index (χ1n) is 3.54. The summed E-state index contributed by atoms with van der Waals surface area (Å²) in [4.78, 5) is 12.9. The van der Waals surface area contributed by atoms with Gasteiger partial charge >= 0.3 is 0 Å². The second kappa shape index (κ2) is 1.49. The maximum Gasteiger partial charge on any atom is 0.225 e. The number of hydrogen-bond donors (Lipinski definition) is 0. The van der Waals surface area contributed by atoms with Gasteiger partial charge in [-0.05, 0) is 18.8 Å². The van der Waals surface area contributed by atoms with Gasteiger partial charge in [0.25, 0.3) is 0 Å². The van der Waals surface area contributed by atoms with E-state index in [1.807, 2.05) is 11.9 Å². The zero-order valence-corrected chi connectivity index (χ0v) is 5.63. The lowest BCUT2D eigenvalue weighted by atomic mass is 10.1. The summed E-state index contributed by atoms with van der Waals surface area (Å²) < 4.78 is 0. The van der Waals surface area contributed by atoms with E-state index in [1.54, 1.807) is 0 Å². The number of likely N-dealkylation sites (tertiary alicyclic amines) is 1. The molecular weight excluding hydrogens is 114 g/mol. The summed E-state index contributed by atoms with van der Waals surface area (Å²) in [5, 5.41) is 0. The van der Waals surface area contributed by atoms with E-state index in [0.29, 0.717) is 11.8 Å². The summed E-state index contributed by atoms with van der Waals surface area (Å²) in [6.45, 7) is 0.986. The molecule has 2 atom stereocenters. The third-order valence-corrected chi connectivity index (χ3v) is 2.45. The van der Waals surface area contributed by atoms with Crippen LogP contribution in [0.15, 0.2) is 0 Å². The number of carbonyl (C=O) groups is 1. The van der Waals surface area contributed by atoms with E-state index >= 15 is 0 Å². The molecule has 2 fully saturated rings.